The van der Waals surface area contributed by atoms with Crippen LogP contribution >= 0.6 is 15.9 Å². The molecule has 2 aromatic rings. The van der Waals surface area contributed by atoms with Crippen LogP contribution in [-0.4, -0.2) is 32.4 Å². The number of ether oxygens (including phenoxy) is 2. The number of carbonyl (C=O) groups excluding carboxylic acids is 1. The van der Waals surface area contributed by atoms with Crippen LogP contribution in [0, 0.1) is 0 Å². The second-order valence-electron chi connectivity index (χ2n) is 5.22. The minimum absolute atomic E-state index is 0.244. The fourth-order valence-electron chi connectivity index (χ4n) is 2.05. The van der Waals surface area contributed by atoms with Crippen molar-refractivity contribution >= 4 is 33.7 Å². The third-order valence-corrected chi connectivity index (χ3v) is 3.97. The molecule has 2 rings (SSSR count). The maximum absolute atomic E-state index is 12.1. The number of amides is 1. The van der Waals surface area contributed by atoms with Gasteiger partial charge in [-0.15, -0.1) is 0 Å². The van der Waals surface area contributed by atoms with Crippen molar-refractivity contribution in [1.29, 1.82) is 0 Å². The van der Waals surface area contributed by atoms with Gasteiger partial charge in [-0.2, -0.15) is 5.10 Å². The van der Waals surface area contributed by atoms with Gasteiger partial charge in [0.15, 0.2) is 0 Å². The average molecular weight is 406 g/mol. The summed E-state index contributed by atoms with van der Waals surface area (Å²) in [4.78, 5) is 12.1. The monoisotopic (exact) mass is 405 g/mol. The van der Waals surface area contributed by atoms with E-state index in [1.807, 2.05) is 24.3 Å². The van der Waals surface area contributed by atoms with Gasteiger partial charge >= 0.3 is 0 Å². The molecule has 0 spiro atoms. The van der Waals surface area contributed by atoms with Crippen LogP contribution in [-0.2, 0) is 4.79 Å². The molecule has 25 heavy (non-hydrogen) atoms. The lowest BCUT2D eigenvalue weighted by molar-refractivity contribution is -0.121. The summed E-state index contributed by atoms with van der Waals surface area (Å²) in [5.41, 5.74) is 4.10. The Kier molecular flexibility index (Phi) is 6.82. The van der Waals surface area contributed by atoms with E-state index >= 15 is 0 Å². The molecule has 0 radical (unpaired) electrons. The number of benzene rings is 2. The van der Waals surface area contributed by atoms with Crippen LogP contribution in [0.15, 0.2) is 52.0 Å². The zero-order chi connectivity index (χ0) is 18.2. The molecule has 0 saturated heterocycles. The van der Waals surface area contributed by atoms with E-state index < -0.39 is 6.04 Å². The maximum Gasteiger partial charge on any atom is 0.262 e. The van der Waals surface area contributed by atoms with Crippen molar-refractivity contribution in [2.24, 2.45) is 5.10 Å². The topological polar surface area (TPSA) is 72.0 Å². The fourth-order valence-corrected chi connectivity index (χ4v) is 2.31. The number of rotatable bonds is 7. The molecule has 0 aliphatic carbocycles. The van der Waals surface area contributed by atoms with E-state index in [2.05, 4.69) is 31.8 Å². The van der Waals surface area contributed by atoms with E-state index in [1.54, 1.807) is 39.3 Å². The summed E-state index contributed by atoms with van der Waals surface area (Å²) < 4.78 is 11.4. The van der Waals surface area contributed by atoms with Gasteiger partial charge < -0.3 is 14.8 Å². The molecular formula is C18H20BrN3O3. The normalized spacial score (nSPS) is 11.8. The predicted octanol–water partition coefficient (Wildman–Crippen LogP) is 3.42. The molecule has 0 aliphatic rings. The first kappa shape index (κ1) is 18.8. The molecule has 0 aromatic heterocycles. The lowest BCUT2D eigenvalue weighted by Gasteiger charge is -2.13. The summed E-state index contributed by atoms with van der Waals surface area (Å²) in [7, 11) is 3.15. The molecule has 0 bridgehead atoms. The van der Waals surface area contributed by atoms with Crippen molar-refractivity contribution in [2.75, 3.05) is 19.5 Å². The van der Waals surface area contributed by atoms with E-state index in [1.165, 1.54) is 6.21 Å². The highest BCUT2D eigenvalue weighted by Gasteiger charge is 2.11. The van der Waals surface area contributed by atoms with Crippen molar-refractivity contribution in [2.45, 2.75) is 13.0 Å². The quantitative estimate of drug-likeness (QED) is 0.546. The van der Waals surface area contributed by atoms with Crippen LogP contribution in [0.4, 0.5) is 5.69 Å². The summed E-state index contributed by atoms with van der Waals surface area (Å²) in [5.74, 6) is 1.05. The molecule has 0 saturated carbocycles. The minimum Gasteiger partial charge on any atom is -0.497 e. The zero-order valence-electron chi connectivity index (χ0n) is 14.2. The Balaban J connectivity index is 1.94. The first-order chi connectivity index (χ1) is 12.0. The van der Waals surface area contributed by atoms with Gasteiger partial charge in [0.2, 0.25) is 0 Å². The first-order valence-corrected chi connectivity index (χ1v) is 8.40. The van der Waals surface area contributed by atoms with Crippen LogP contribution in [0.25, 0.3) is 0 Å². The maximum atomic E-state index is 12.1. The molecule has 1 amide bonds. The third-order valence-electron chi connectivity index (χ3n) is 3.44. The summed E-state index contributed by atoms with van der Waals surface area (Å²) in [5, 5.41) is 7.10. The molecular weight excluding hydrogens is 386 g/mol. The number of hydrazone groups is 1. The highest BCUT2D eigenvalue weighted by molar-refractivity contribution is 9.10. The average Bonchev–Trinajstić information content (AvgIpc) is 2.63. The highest BCUT2D eigenvalue weighted by Crippen LogP contribution is 2.23. The Morgan fingerprint density at radius 1 is 1.16 bits per heavy atom. The van der Waals surface area contributed by atoms with Crippen LogP contribution < -0.4 is 20.2 Å². The number of anilines is 1. The lowest BCUT2D eigenvalue weighted by Crippen LogP contribution is -2.34. The Morgan fingerprint density at radius 2 is 1.88 bits per heavy atom. The summed E-state index contributed by atoms with van der Waals surface area (Å²) >= 11 is 3.37. The molecule has 1 unspecified atom stereocenters. The molecule has 6 nitrogen and oxygen atoms in total. The Labute approximate surface area is 155 Å². The Bertz CT molecular complexity index is 748. The molecule has 2 aromatic carbocycles. The second kappa shape index (κ2) is 9.08. The van der Waals surface area contributed by atoms with E-state index in [0.29, 0.717) is 11.5 Å². The number of halogens is 1. The van der Waals surface area contributed by atoms with Gasteiger partial charge in [-0.25, -0.2) is 5.43 Å². The predicted molar refractivity (Wildman–Crippen MR) is 103 cm³/mol. The number of methoxy groups -OCH3 is 2. The number of hydrogen-bond donors (Lipinski definition) is 2. The van der Waals surface area contributed by atoms with Crippen LogP contribution in [0.1, 0.15) is 12.5 Å². The third kappa shape index (κ3) is 5.49. The van der Waals surface area contributed by atoms with Gasteiger partial charge in [0.05, 0.1) is 20.4 Å². The molecule has 1 atom stereocenters. The second-order valence-corrected chi connectivity index (χ2v) is 6.13. The number of hydrogen-bond acceptors (Lipinski definition) is 5. The largest absolute Gasteiger partial charge is 0.497 e. The number of nitrogens with one attached hydrogen (secondary N) is 2. The molecule has 2 N–H and O–H groups in total. The van der Waals surface area contributed by atoms with Crippen LogP contribution in [0.3, 0.4) is 0 Å². The Hall–Kier alpha value is -2.54. The Morgan fingerprint density at radius 3 is 2.52 bits per heavy atom. The van der Waals surface area contributed by atoms with Gasteiger partial charge in [-0.3, -0.25) is 4.79 Å². The van der Waals surface area contributed by atoms with E-state index in [-0.39, 0.29) is 5.91 Å². The fraction of sp³-hybridized carbons (Fsp3) is 0.222. The lowest BCUT2D eigenvalue weighted by atomic mass is 10.2. The minimum atomic E-state index is -0.434. The first-order valence-electron chi connectivity index (χ1n) is 7.60. The van der Waals surface area contributed by atoms with Crippen molar-refractivity contribution in [3.05, 3.63) is 52.5 Å². The summed E-state index contributed by atoms with van der Waals surface area (Å²) in [6.07, 6.45) is 1.53. The number of nitrogens with zero attached hydrogens (tertiary/aromatic N) is 1. The van der Waals surface area contributed by atoms with Gasteiger partial charge in [-0.05, 0) is 43.3 Å². The van der Waals surface area contributed by atoms with E-state index in [0.717, 1.165) is 15.7 Å². The van der Waals surface area contributed by atoms with Gasteiger partial charge in [-0.1, -0.05) is 15.9 Å². The molecule has 0 aliphatic heterocycles. The van der Waals surface area contributed by atoms with Crippen molar-refractivity contribution < 1.29 is 14.3 Å². The summed E-state index contributed by atoms with van der Waals surface area (Å²) in [6, 6.07) is 12.5. The molecule has 7 heteroatoms. The van der Waals surface area contributed by atoms with Crippen molar-refractivity contribution in [3.63, 3.8) is 0 Å². The van der Waals surface area contributed by atoms with Gasteiger partial charge in [0.25, 0.3) is 5.91 Å². The summed E-state index contributed by atoms with van der Waals surface area (Å²) in [6.45, 7) is 1.76. The van der Waals surface area contributed by atoms with Crippen LogP contribution in [0.5, 0.6) is 11.5 Å². The van der Waals surface area contributed by atoms with E-state index in [9.17, 15) is 4.79 Å². The smallest absolute Gasteiger partial charge is 0.262 e. The zero-order valence-corrected chi connectivity index (χ0v) is 15.8. The SMILES string of the molecule is COc1ccc(/C=N/NC(=O)C(C)Nc2ccc(Br)cc2)c(OC)c1. The molecule has 0 heterocycles. The standard InChI is InChI=1S/C18H20BrN3O3/c1-12(21-15-7-5-14(19)6-8-15)18(23)22-20-11-13-4-9-16(24-2)10-17(13)25-3/h4-12,21H,1-3H3,(H,22,23)/b20-11+. The van der Waals surface area contributed by atoms with Gasteiger partial charge in [0, 0.05) is 21.8 Å². The molecule has 132 valence electrons. The molecule has 0 fully saturated rings. The van der Waals surface area contributed by atoms with Crippen molar-refractivity contribution in [1.82, 2.24) is 5.43 Å². The number of carbonyl (C=O) groups is 1. The van der Waals surface area contributed by atoms with Crippen molar-refractivity contribution in [3.8, 4) is 11.5 Å². The van der Waals surface area contributed by atoms with Crippen LogP contribution in [0.2, 0.25) is 0 Å². The highest BCUT2D eigenvalue weighted by atomic mass is 79.9. The van der Waals surface area contributed by atoms with E-state index in [4.69, 9.17) is 9.47 Å². The van der Waals surface area contributed by atoms with Gasteiger partial charge in [0.1, 0.15) is 17.5 Å².